The molecule has 0 N–H and O–H groups in total. The Kier molecular flexibility index (Phi) is 2.78. The largest absolute Gasteiger partial charge is 0.249 e. The topological polar surface area (TPSA) is 38.7 Å². The van der Waals surface area contributed by atoms with Crippen LogP contribution in [0.2, 0.25) is 0 Å². The van der Waals surface area contributed by atoms with Crippen molar-refractivity contribution in [2.24, 2.45) is 0 Å². The Morgan fingerprint density at radius 3 is 2.06 bits per heavy atom. The van der Waals surface area contributed by atoms with Gasteiger partial charge < -0.3 is 0 Å². The summed E-state index contributed by atoms with van der Waals surface area (Å²) in [7, 11) is 0. The van der Waals surface area contributed by atoms with Gasteiger partial charge in [-0.2, -0.15) is 0 Å². The molecule has 0 spiro atoms. The van der Waals surface area contributed by atoms with E-state index in [0.717, 1.165) is 24.8 Å². The van der Waals surface area contributed by atoms with Crippen molar-refractivity contribution in [1.29, 1.82) is 0 Å². The molecule has 0 bridgehead atoms. The molecule has 0 amide bonds. The van der Waals surface area contributed by atoms with E-state index in [2.05, 4.69) is 21.9 Å². The van der Waals surface area contributed by atoms with Gasteiger partial charge >= 0.3 is 0 Å². The molecule has 0 saturated carbocycles. The van der Waals surface area contributed by atoms with Crippen LogP contribution in [0.3, 0.4) is 0 Å². The first-order valence-electron chi connectivity index (χ1n) is 5.04. The second kappa shape index (κ2) is 4.29. The van der Waals surface area contributed by atoms with E-state index in [0.29, 0.717) is 0 Å². The van der Waals surface area contributed by atoms with E-state index < -0.39 is 0 Å². The van der Waals surface area contributed by atoms with Gasteiger partial charge in [0.15, 0.2) is 0 Å². The van der Waals surface area contributed by atoms with Crippen molar-refractivity contribution in [2.75, 3.05) is 0 Å². The van der Waals surface area contributed by atoms with Crippen LogP contribution < -0.4 is 0 Å². The summed E-state index contributed by atoms with van der Waals surface area (Å²) in [5, 5.41) is 3.15. The van der Waals surface area contributed by atoms with Crippen LogP contribution in [0.4, 0.5) is 0 Å². The molecule has 3 aromatic rings. The molecule has 0 radical (unpaired) electrons. The van der Waals surface area contributed by atoms with E-state index >= 15 is 0 Å². The lowest BCUT2D eigenvalue weighted by molar-refractivity contribution is 1.30. The van der Waals surface area contributed by atoms with Crippen LogP contribution in [-0.2, 0) is 0 Å². The smallest absolute Gasteiger partial charge is 0.135 e. The van der Waals surface area contributed by atoms with Crippen molar-refractivity contribution >= 4 is 34.0 Å². The summed E-state index contributed by atoms with van der Waals surface area (Å²) in [6.45, 7) is 4.07. The first-order valence-corrected chi connectivity index (χ1v) is 7.49. The van der Waals surface area contributed by atoms with E-state index in [9.17, 15) is 0 Å². The average Bonchev–Trinajstić information content (AvgIpc) is 2.96. The number of rotatable bonds is 2. The van der Waals surface area contributed by atoms with Gasteiger partial charge in [0.05, 0.1) is 14.8 Å². The standard InChI is InChI=1S/C11H9N3S3/c1-6-3-13-10(15-6)9-5-14-11(17-9)8-4-12-7(2)16-8/h3-5H,1-2H3. The maximum atomic E-state index is 4.44. The van der Waals surface area contributed by atoms with Crippen LogP contribution in [0, 0.1) is 13.8 Å². The number of thiazole rings is 3. The predicted octanol–water partition coefficient (Wildman–Crippen LogP) is 4.01. The van der Waals surface area contributed by atoms with Gasteiger partial charge in [-0.15, -0.1) is 34.0 Å². The van der Waals surface area contributed by atoms with E-state index in [1.165, 1.54) is 4.88 Å². The van der Waals surface area contributed by atoms with Crippen LogP contribution in [0.1, 0.15) is 9.88 Å². The van der Waals surface area contributed by atoms with Crippen LogP contribution in [-0.4, -0.2) is 15.0 Å². The van der Waals surface area contributed by atoms with Gasteiger partial charge in [-0.3, -0.25) is 0 Å². The van der Waals surface area contributed by atoms with Crippen molar-refractivity contribution in [1.82, 2.24) is 15.0 Å². The van der Waals surface area contributed by atoms with Crippen molar-refractivity contribution < 1.29 is 0 Å². The van der Waals surface area contributed by atoms with E-state index in [4.69, 9.17) is 0 Å². The normalized spacial score (nSPS) is 10.9. The molecule has 6 heteroatoms. The molecule has 0 aliphatic heterocycles. The van der Waals surface area contributed by atoms with Gasteiger partial charge in [0.1, 0.15) is 10.0 Å². The Bertz CT molecular complexity index is 596. The first kappa shape index (κ1) is 11.0. The summed E-state index contributed by atoms with van der Waals surface area (Å²) in [6, 6.07) is 0. The van der Waals surface area contributed by atoms with Gasteiger partial charge in [-0.05, 0) is 13.8 Å². The minimum Gasteiger partial charge on any atom is -0.249 e. The Morgan fingerprint density at radius 1 is 0.765 bits per heavy atom. The van der Waals surface area contributed by atoms with Gasteiger partial charge in [-0.1, -0.05) is 0 Å². The fourth-order valence-corrected chi connectivity index (χ4v) is 3.97. The zero-order valence-corrected chi connectivity index (χ0v) is 11.7. The van der Waals surface area contributed by atoms with Gasteiger partial charge in [0.25, 0.3) is 0 Å². The molecule has 86 valence electrons. The first-order chi connectivity index (χ1) is 8.22. The summed E-state index contributed by atoms with van der Waals surface area (Å²) in [6.07, 6.45) is 5.68. The molecular formula is C11H9N3S3. The third-order valence-electron chi connectivity index (χ3n) is 2.17. The molecule has 0 fully saturated rings. The summed E-state index contributed by atoms with van der Waals surface area (Å²) < 4.78 is 0. The molecule has 3 aromatic heterocycles. The van der Waals surface area contributed by atoms with Crippen molar-refractivity contribution in [2.45, 2.75) is 13.8 Å². The predicted molar refractivity (Wildman–Crippen MR) is 73.8 cm³/mol. The molecule has 17 heavy (non-hydrogen) atoms. The Morgan fingerprint density at radius 2 is 1.41 bits per heavy atom. The minimum atomic E-state index is 1.03. The van der Waals surface area contributed by atoms with Crippen LogP contribution >= 0.6 is 34.0 Å². The van der Waals surface area contributed by atoms with Crippen molar-refractivity contribution in [3.8, 4) is 19.8 Å². The van der Waals surface area contributed by atoms with Crippen LogP contribution in [0.5, 0.6) is 0 Å². The zero-order chi connectivity index (χ0) is 11.8. The zero-order valence-electron chi connectivity index (χ0n) is 9.30. The SMILES string of the molecule is Cc1cnc(-c2cnc(-c3cnc(C)s3)s2)s1. The van der Waals surface area contributed by atoms with Gasteiger partial charge in [-0.25, -0.2) is 15.0 Å². The van der Waals surface area contributed by atoms with E-state index in [1.54, 1.807) is 34.0 Å². The minimum absolute atomic E-state index is 1.03. The number of hydrogen-bond donors (Lipinski definition) is 0. The van der Waals surface area contributed by atoms with Crippen molar-refractivity contribution in [3.63, 3.8) is 0 Å². The lowest BCUT2D eigenvalue weighted by Gasteiger charge is -1.86. The fraction of sp³-hybridized carbons (Fsp3) is 0.182. The highest BCUT2D eigenvalue weighted by Gasteiger charge is 2.10. The molecule has 3 rings (SSSR count). The highest BCUT2D eigenvalue weighted by atomic mass is 32.1. The monoisotopic (exact) mass is 279 g/mol. The second-order valence-electron chi connectivity index (χ2n) is 3.55. The molecule has 0 aliphatic carbocycles. The maximum absolute atomic E-state index is 4.44. The van der Waals surface area contributed by atoms with Gasteiger partial charge in [0, 0.05) is 23.5 Å². The Balaban J connectivity index is 1.98. The molecule has 3 heterocycles. The quantitative estimate of drug-likeness (QED) is 0.711. The van der Waals surface area contributed by atoms with E-state index in [-0.39, 0.29) is 0 Å². The second-order valence-corrected chi connectivity index (χ2v) is 7.05. The highest BCUT2D eigenvalue weighted by molar-refractivity contribution is 7.25. The van der Waals surface area contributed by atoms with Crippen molar-refractivity contribution in [3.05, 3.63) is 28.5 Å². The fourth-order valence-electron chi connectivity index (χ4n) is 1.42. The average molecular weight is 279 g/mol. The molecule has 0 atom stereocenters. The maximum Gasteiger partial charge on any atom is 0.135 e. The number of nitrogens with zero attached hydrogens (tertiary/aromatic N) is 3. The summed E-state index contributed by atoms with van der Waals surface area (Å²) in [5.41, 5.74) is 0. The van der Waals surface area contributed by atoms with E-state index in [1.807, 2.05) is 25.5 Å². The summed E-state index contributed by atoms with van der Waals surface area (Å²) >= 11 is 5.05. The van der Waals surface area contributed by atoms with Gasteiger partial charge in [0.2, 0.25) is 0 Å². The van der Waals surface area contributed by atoms with Crippen LogP contribution in [0.15, 0.2) is 18.6 Å². The molecule has 3 nitrogen and oxygen atoms in total. The highest BCUT2D eigenvalue weighted by Crippen LogP contribution is 2.35. The summed E-state index contributed by atoms with van der Waals surface area (Å²) in [4.78, 5) is 16.6. The third kappa shape index (κ3) is 2.15. The number of hydrogen-bond acceptors (Lipinski definition) is 6. The summed E-state index contributed by atoms with van der Waals surface area (Å²) in [5.74, 6) is 0. The molecule has 0 unspecified atom stereocenters. The lowest BCUT2D eigenvalue weighted by atomic mass is 10.5. The van der Waals surface area contributed by atoms with Crippen LogP contribution in [0.25, 0.3) is 19.8 Å². The Labute approximate surface area is 111 Å². The Hall–Kier alpha value is -1.11. The number of aromatic nitrogens is 3. The third-order valence-corrected chi connectivity index (χ3v) is 5.33. The molecule has 0 aromatic carbocycles. The lowest BCUT2D eigenvalue weighted by Crippen LogP contribution is -1.64. The molecular weight excluding hydrogens is 270 g/mol. The molecule has 0 aliphatic rings. The number of aryl methyl sites for hydroxylation is 2. The molecule has 0 saturated heterocycles.